The van der Waals surface area contributed by atoms with Crippen molar-refractivity contribution in [2.24, 2.45) is 5.92 Å². The van der Waals surface area contributed by atoms with Crippen molar-refractivity contribution in [1.82, 2.24) is 4.90 Å². The quantitative estimate of drug-likeness (QED) is 0.846. The fraction of sp³-hybridized carbons (Fsp3) is 0.562. The molecule has 5 heteroatoms. The molecule has 0 aliphatic carbocycles. The summed E-state index contributed by atoms with van der Waals surface area (Å²) >= 11 is 0. The lowest BCUT2D eigenvalue weighted by Gasteiger charge is -2.37. The number of halogens is 1. The van der Waals surface area contributed by atoms with Gasteiger partial charge in [-0.2, -0.15) is 0 Å². The van der Waals surface area contributed by atoms with E-state index in [0.717, 1.165) is 32.7 Å². The van der Waals surface area contributed by atoms with Gasteiger partial charge in [-0.05, 0) is 12.1 Å². The average molecular weight is 292 g/mol. The zero-order chi connectivity index (χ0) is 14.7. The van der Waals surface area contributed by atoms with Gasteiger partial charge in [0.25, 0.3) is 0 Å². The van der Waals surface area contributed by atoms with Gasteiger partial charge in [-0.3, -0.25) is 9.69 Å². The van der Waals surface area contributed by atoms with Gasteiger partial charge in [-0.25, -0.2) is 4.39 Å². The third-order valence-corrected chi connectivity index (χ3v) is 4.31. The van der Waals surface area contributed by atoms with Crippen molar-refractivity contribution in [3.8, 4) is 0 Å². The molecule has 0 aromatic heterocycles. The Labute approximate surface area is 124 Å². The molecule has 1 unspecified atom stereocenters. The molecule has 0 spiro atoms. The van der Waals surface area contributed by atoms with Gasteiger partial charge >= 0.3 is 0 Å². The second-order valence-corrected chi connectivity index (χ2v) is 5.73. The number of nitrogens with zero attached hydrogens (tertiary/aromatic N) is 2. The first-order valence-electron chi connectivity index (χ1n) is 7.56. The van der Waals surface area contributed by atoms with Crippen LogP contribution in [-0.2, 0) is 9.53 Å². The number of hydrogen-bond acceptors (Lipinski definition) is 4. The fourth-order valence-electron chi connectivity index (χ4n) is 3.04. The number of ether oxygens (including phenoxy) is 1. The van der Waals surface area contributed by atoms with Crippen LogP contribution in [0, 0.1) is 11.7 Å². The summed E-state index contributed by atoms with van der Waals surface area (Å²) in [4.78, 5) is 16.2. The zero-order valence-corrected chi connectivity index (χ0v) is 12.1. The van der Waals surface area contributed by atoms with Crippen LogP contribution in [0.1, 0.15) is 6.42 Å². The first-order valence-corrected chi connectivity index (χ1v) is 7.56. The number of anilines is 1. The Kier molecular flexibility index (Phi) is 4.51. The van der Waals surface area contributed by atoms with E-state index in [0.29, 0.717) is 31.1 Å². The summed E-state index contributed by atoms with van der Waals surface area (Å²) in [5, 5.41) is 0. The van der Waals surface area contributed by atoms with E-state index in [9.17, 15) is 9.18 Å². The Morgan fingerprint density at radius 2 is 1.95 bits per heavy atom. The molecule has 3 rings (SSSR count). The van der Waals surface area contributed by atoms with Crippen LogP contribution in [-0.4, -0.2) is 56.6 Å². The molecule has 0 radical (unpaired) electrons. The van der Waals surface area contributed by atoms with E-state index in [4.69, 9.17) is 4.74 Å². The second kappa shape index (κ2) is 6.54. The van der Waals surface area contributed by atoms with Crippen molar-refractivity contribution >= 4 is 11.5 Å². The van der Waals surface area contributed by atoms with Gasteiger partial charge in [0.2, 0.25) is 0 Å². The number of carbonyl (C=O) groups excluding carboxylic acids is 1. The number of Topliss-reactive ketones (excluding diaryl/α,β-unsaturated/α-hetero) is 1. The van der Waals surface area contributed by atoms with E-state index in [2.05, 4.69) is 9.80 Å². The minimum Gasteiger partial charge on any atom is -0.380 e. The van der Waals surface area contributed by atoms with E-state index in [-0.39, 0.29) is 11.7 Å². The van der Waals surface area contributed by atoms with Crippen LogP contribution in [0.25, 0.3) is 0 Å². The largest absolute Gasteiger partial charge is 0.380 e. The molecule has 2 heterocycles. The number of hydrogen-bond donors (Lipinski definition) is 0. The summed E-state index contributed by atoms with van der Waals surface area (Å²) in [6.45, 7) is 5.19. The zero-order valence-electron chi connectivity index (χ0n) is 12.1. The smallest absolute Gasteiger partial charge is 0.146 e. The maximum atomic E-state index is 13.8. The molecule has 2 aliphatic heterocycles. The molecule has 114 valence electrons. The van der Waals surface area contributed by atoms with E-state index in [1.807, 2.05) is 12.1 Å². The van der Waals surface area contributed by atoms with Crippen molar-refractivity contribution in [2.75, 3.05) is 50.8 Å². The molecule has 21 heavy (non-hydrogen) atoms. The predicted molar refractivity (Wildman–Crippen MR) is 79.0 cm³/mol. The lowest BCUT2D eigenvalue weighted by atomic mass is 9.99. The van der Waals surface area contributed by atoms with Crippen molar-refractivity contribution in [2.45, 2.75) is 6.42 Å². The van der Waals surface area contributed by atoms with E-state index in [1.54, 1.807) is 6.07 Å². The Morgan fingerprint density at radius 1 is 1.19 bits per heavy atom. The molecule has 0 saturated carbocycles. The molecule has 2 saturated heterocycles. The van der Waals surface area contributed by atoms with E-state index >= 15 is 0 Å². The lowest BCUT2D eigenvalue weighted by molar-refractivity contribution is -0.131. The third kappa shape index (κ3) is 3.41. The molecular weight excluding hydrogens is 271 g/mol. The molecule has 0 bridgehead atoms. The molecule has 1 aromatic carbocycles. The van der Waals surface area contributed by atoms with Gasteiger partial charge in [0.15, 0.2) is 0 Å². The van der Waals surface area contributed by atoms with Crippen molar-refractivity contribution in [3.05, 3.63) is 30.1 Å². The summed E-state index contributed by atoms with van der Waals surface area (Å²) < 4.78 is 19.2. The van der Waals surface area contributed by atoms with Crippen LogP contribution in [0.3, 0.4) is 0 Å². The SMILES string of the molecule is O=C1CCOCC1CN1CCN(c2ccccc2F)CC1. The monoisotopic (exact) mass is 292 g/mol. The van der Waals surface area contributed by atoms with Crippen molar-refractivity contribution < 1.29 is 13.9 Å². The highest BCUT2D eigenvalue weighted by molar-refractivity contribution is 5.82. The van der Waals surface area contributed by atoms with Gasteiger partial charge in [0.05, 0.1) is 24.8 Å². The average Bonchev–Trinajstić information content (AvgIpc) is 2.51. The Morgan fingerprint density at radius 3 is 2.67 bits per heavy atom. The van der Waals surface area contributed by atoms with Gasteiger partial charge < -0.3 is 9.64 Å². The van der Waals surface area contributed by atoms with Gasteiger partial charge in [-0.1, -0.05) is 12.1 Å². The molecular formula is C16H21FN2O2. The third-order valence-electron chi connectivity index (χ3n) is 4.31. The van der Waals surface area contributed by atoms with Gasteiger partial charge in [-0.15, -0.1) is 0 Å². The Balaban J connectivity index is 1.53. The molecule has 0 amide bonds. The predicted octanol–water partition coefficient (Wildman–Crippen LogP) is 1.55. The summed E-state index contributed by atoms with van der Waals surface area (Å²) in [5.41, 5.74) is 0.675. The standard InChI is InChI=1S/C16H21FN2O2/c17-14-3-1-2-4-15(14)19-8-6-18(7-9-19)11-13-12-21-10-5-16(13)20/h1-4,13H,5-12H2. The van der Waals surface area contributed by atoms with Crippen LogP contribution in [0.4, 0.5) is 10.1 Å². The summed E-state index contributed by atoms with van der Waals surface area (Å²) in [7, 11) is 0. The number of para-hydroxylation sites is 1. The van der Waals surface area contributed by atoms with E-state index < -0.39 is 0 Å². The molecule has 1 aromatic rings. The number of piperazine rings is 1. The van der Waals surface area contributed by atoms with Crippen molar-refractivity contribution in [1.29, 1.82) is 0 Å². The molecule has 4 nitrogen and oxygen atoms in total. The number of carbonyl (C=O) groups is 1. The highest BCUT2D eigenvalue weighted by Crippen LogP contribution is 2.21. The maximum absolute atomic E-state index is 13.8. The first-order chi connectivity index (χ1) is 10.2. The van der Waals surface area contributed by atoms with Crippen LogP contribution >= 0.6 is 0 Å². The fourth-order valence-corrected chi connectivity index (χ4v) is 3.04. The number of rotatable bonds is 3. The number of benzene rings is 1. The van der Waals surface area contributed by atoms with Crippen molar-refractivity contribution in [3.63, 3.8) is 0 Å². The minimum atomic E-state index is -0.165. The normalized spacial score (nSPS) is 24.3. The highest BCUT2D eigenvalue weighted by atomic mass is 19.1. The maximum Gasteiger partial charge on any atom is 0.146 e. The second-order valence-electron chi connectivity index (χ2n) is 5.73. The van der Waals surface area contributed by atoms with Gasteiger partial charge in [0.1, 0.15) is 11.6 Å². The van der Waals surface area contributed by atoms with Crippen LogP contribution in [0.2, 0.25) is 0 Å². The molecule has 2 fully saturated rings. The minimum absolute atomic E-state index is 0.0127. The van der Waals surface area contributed by atoms with E-state index in [1.165, 1.54) is 6.07 Å². The first kappa shape index (κ1) is 14.5. The highest BCUT2D eigenvalue weighted by Gasteiger charge is 2.27. The number of ketones is 1. The van der Waals surface area contributed by atoms with Gasteiger partial charge in [0, 0.05) is 39.1 Å². The summed E-state index contributed by atoms with van der Waals surface area (Å²) in [6.07, 6.45) is 0.542. The van der Waals surface area contributed by atoms with Crippen LogP contribution < -0.4 is 4.90 Å². The molecule has 0 N–H and O–H groups in total. The Hall–Kier alpha value is -1.46. The summed E-state index contributed by atoms with van der Waals surface area (Å²) in [5.74, 6) is 0.165. The molecule has 2 aliphatic rings. The lowest BCUT2D eigenvalue weighted by Crippen LogP contribution is -2.49. The Bertz CT molecular complexity index is 501. The van der Waals surface area contributed by atoms with Crippen LogP contribution in [0.5, 0.6) is 0 Å². The summed E-state index contributed by atoms with van der Waals surface area (Å²) in [6, 6.07) is 6.90. The molecule has 1 atom stereocenters. The topological polar surface area (TPSA) is 32.8 Å². The van der Waals surface area contributed by atoms with Crippen LogP contribution in [0.15, 0.2) is 24.3 Å².